The van der Waals surface area contributed by atoms with Gasteiger partial charge in [0.25, 0.3) is 0 Å². The molecule has 1 heterocycles. The van der Waals surface area contributed by atoms with Crippen LogP contribution >= 0.6 is 0 Å². The number of nitrogens with one attached hydrogen (secondary N) is 1. The van der Waals surface area contributed by atoms with Crippen molar-refractivity contribution in [2.45, 2.75) is 26.8 Å². The molecule has 20 heavy (non-hydrogen) atoms. The number of anilines is 1. The lowest BCUT2D eigenvalue weighted by Gasteiger charge is -2.08. The van der Waals surface area contributed by atoms with Gasteiger partial charge in [-0.3, -0.25) is 9.18 Å². The molecule has 2 rings (SSSR count). The first-order valence-corrected chi connectivity index (χ1v) is 6.52. The van der Waals surface area contributed by atoms with Crippen LogP contribution in [0.25, 0.3) is 0 Å². The second-order valence-corrected chi connectivity index (χ2v) is 3.47. The van der Waals surface area contributed by atoms with Crippen molar-refractivity contribution in [3.63, 3.8) is 0 Å². The van der Waals surface area contributed by atoms with E-state index < -0.39 is 0 Å². The summed E-state index contributed by atoms with van der Waals surface area (Å²) in [6.45, 7) is 4.86. The topological polar surface area (TPSA) is 46.9 Å². The first kappa shape index (κ1) is 17.8. The molecule has 0 aliphatic rings. The molecule has 0 spiro atoms. The standard InChI is InChI=1S/C12H13N3O.C2H6.CH3F/c16-10-14-12-4-2-1-3-11(12)5-7-15-8-6-13-9-15;2*1-2/h1-4,6,8-10H,5,7H2,(H,14,16);1-2H3;1H3. The van der Waals surface area contributed by atoms with Crippen LogP contribution in [0.5, 0.6) is 0 Å². The zero-order valence-corrected chi connectivity index (χ0v) is 12.2. The van der Waals surface area contributed by atoms with Gasteiger partial charge in [0, 0.05) is 24.6 Å². The maximum atomic E-state index is 10.4. The highest BCUT2D eigenvalue weighted by Gasteiger charge is 2.00. The summed E-state index contributed by atoms with van der Waals surface area (Å²) in [7, 11) is 0.500. The monoisotopic (exact) mass is 279 g/mol. The van der Waals surface area contributed by atoms with E-state index in [-0.39, 0.29) is 0 Å². The predicted molar refractivity (Wildman–Crippen MR) is 80.4 cm³/mol. The number of nitrogens with zero attached hydrogens (tertiary/aromatic N) is 2. The molecular formula is C15H22FN3O. The summed E-state index contributed by atoms with van der Waals surface area (Å²) in [6.07, 6.45) is 7.05. The number of rotatable bonds is 5. The number of imidazole rings is 1. The fourth-order valence-corrected chi connectivity index (χ4v) is 1.61. The zero-order valence-electron chi connectivity index (χ0n) is 12.2. The Balaban J connectivity index is 0.000000829. The van der Waals surface area contributed by atoms with E-state index in [0.29, 0.717) is 13.6 Å². The van der Waals surface area contributed by atoms with Crippen LogP contribution < -0.4 is 5.32 Å². The third-order valence-corrected chi connectivity index (χ3v) is 2.43. The SMILES string of the molecule is CC.CF.O=CNc1ccccc1CCn1ccnc1. The van der Waals surface area contributed by atoms with Crippen molar-refractivity contribution < 1.29 is 9.18 Å². The van der Waals surface area contributed by atoms with Crippen LogP contribution in [0.4, 0.5) is 10.1 Å². The van der Waals surface area contributed by atoms with E-state index in [1.165, 1.54) is 0 Å². The molecular weight excluding hydrogens is 257 g/mol. The second-order valence-electron chi connectivity index (χ2n) is 3.47. The average molecular weight is 279 g/mol. The largest absolute Gasteiger partial charge is 0.337 e. The number of carbonyl (C=O) groups is 1. The minimum atomic E-state index is 0.500. The van der Waals surface area contributed by atoms with Gasteiger partial charge < -0.3 is 9.88 Å². The number of alkyl halides is 1. The van der Waals surface area contributed by atoms with Crippen molar-refractivity contribution in [2.75, 3.05) is 12.5 Å². The summed E-state index contributed by atoms with van der Waals surface area (Å²) < 4.78 is 11.5. The first-order valence-electron chi connectivity index (χ1n) is 6.52. The van der Waals surface area contributed by atoms with Gasteiger partial charge in [0.2, 0.25) is 6.41 Å². The Kier molecular flexibility index (Phi) is 10.6. The number of aromatic nitrogens is 2. The quantitative estimate of drug-likeness (QED) is 0.854. The van der Waals surface area contributed by atoms with Crippen molar-refractivity contribution in [2.24, 2.45) is 0 Å². The van der Waals surface area contributed by atoms with Crippen LogP contribution in [0.3, 0.4) is 0 Å². The fourth-order valence-electron chi connectivity index (χ4n) is 1.61. The van der Waals surface area contributed by atoms with Crippen molar-refractivity contribution in [1.29, 1.82) is 0 Å². The number of carbonyl (C=O) groups excluding carboxylic acids is 1. The van der Waals surface area contributed by atoms with E-state index in [1.54, 1.807) is 12.5 Å². The summed E-state index contributed by atoms with van der Waals surface area (Å²) >= 11 is 0. The zero-order chi connectivity index (χ0) is 15.2. The van der Waals surface area contributed by atoms with E-state index in [2.05, 4.69) is 10.3 Å². The molecule has 1 N–H and O–H groups in total. The van der Waals surface area contributed by atoms with E-state index in [0.717, 1.165) is 24.2 Å². The molecule has 0 atom stereocenters. The molecule has 0 radical (unpaired) electrons. The van der Waals surface area contributed by atoms with Crippen LogP contribution in [-0.2, 0) is 17.8 Å². The molecule has 0 aliphatic carbocycles. The smallest absolute Gasteiger partial charge is 0.211 e. The maximum Gasteiger partial charge on any atom is 0.211 e. The van der Waals surface area contributed by atoms with Crippen molar-refractivity contribution in [3.8, 4) is 0 Å². The summed E-state index contributed by atoms with van der Waals surface area (Å²) in [5.74, 6) is 0. The van der Waals surface area contributed by atoms with Gasteiger partial charge in [0.15, 0.2) is 0 Å². The van der Waals surface area contributed by atoms with Crippen LogP contribution in [0.1, 0.15) is 19.4 Å². The summed E-state index contributed by atoms with van der Waals surface area (Å²) in [6, 6.07) is 7.80. The first-order chi connectivity index (χ1) is 9.90. The Morgan fingerprint density at radius 3 is 2.60 bits per heavy atom. The minimum Gasteiger partial charge on any atom is -0.337 e. The summed E-state index contributed by atoms with van der Waals surface area (Å²) in [5, 5.41) is 2.70. The van der Waals surface area contributed by atoms with Crippen molar-refractivity contribution in [3.05, 3.63) is 48.5 Å². The van der Waals surface area contributed by atoms with Crippen molar-refractivity contribution in [1.82, 2.24) is 9.55 Å². The lowest BCUT2D eigenvalue weighted by atomic mass is 10.1. The Hall–Kier alpha value is -2.17. The Morgan fingerprint density at radius 1 is 1.30 bits per heavy atom. The molecule has 1 aromatic heterocycles. The minimum absolute atomic E-state index is 0.500. The summed E-state index contributed by atoms with van der Waals surface area (Å²) in [4.78, 5) is 14.4. The highest BCUT2D eigenvalue weighted by atomic mass is 19.1. The third kappa shape index (κ3) is 6.13. The third-order valence-electron chi connectivity index (χ3n) is 2.43. The number of hydrogen-bond donors (Lipinski definition) is 1. The number of amides is 1. The highest BCUT2D eigenvalue weighted by Crippen LogP contribution is 2.15. The molecule has 110 valence electrons. The number of benzene rings is 1. The Bertz CT molecular complexity index is 458. The predicted octanol–water partition coefficient (Wildman–Crippen LogP) is 3.31. The van der Waals surface area contributed by atoms with Gasteiger partial charge >= 0.3 is 0 Å². The number of para-hydroxylation sites is 1. The van der Waals surface area contributed by atoms with Gasteiger partial charge in [-0.15, -0.1) is 0 Å². The second kappa shape index (κ2) is 11.9. The van der Waals surface area contributed by atoms with Gasteiger partial charge in [0.05, 0.1) is 13.5 Å². The number of hydrogen-bond acceptors (Lipinski definition) is 2. The Labute approximate surface area is 119 Å². The lowest BCUT2D eigenvalue weighted by Crippen LogP contribution is -2.03. The summed E-state index contributed by atoms with van der Waals surface area (Å²) in [5.41, 5.74) is 2.00. The van der Waals surface area contributed by atoms with Crippen molar-refractivity contribution >= 4 is 12.1 Å². The lowest BCUT2D eigenvalue weighted by molar-refractivity contribution is -0.105. The van der Waals surface area contributed by atoms with E-state index >= 15 is 0 Å². The maximum absolute atomic E-state index is 10.4. The number of aryl methyl sites for hydroxylation is 2. The normalized spacial score (nSPS) is 8.60. The molecule has 0 saturated heterocycles. The van der Waals surface area contributed by atoms with Crippen LogP contribution in [-0.4, -0.2) is 23.1 Å². The fraction of sp³-hybridized carbons (Fsp3) is 0.333. The van der Waals surface area contributed by atoms with Crippen LogP contribution in [0.15, 0.2) is 43.0 Å². The molecule has 0 saturated carbocycles. The molecule has 0 bridgehead atoms. The molecule has 2 aromatic rings. The average Bonchev–Trinajstić information content (AvgIpc) is 3.04. The molecule has 0 fully saturated rings. The molecule has 4 nitrogen and oxygen atoms in total. The molecule has 0 unspecified atom stereocenters. The highest BCUT2D eigenvalue weighted by molar-refractivity contribution is 5.73. The Morgan fingerprint density at radius 2 is 2.00 bits per heavy atom. The van der Waals surface area contributed by atoms with E-state index in [9.17, 15) is 9.18 Å². The molecule has 1 amide bonds. The molecule has 5 heteroatoms. The number of halogens is 1. The van der Waals surface area contributed by atoms with Gasteiger partial charge in [-0.2, -0.15) is 0 Å². The van der Waals surface area contributed by atoms with E-state index in [1.807, 2.05) is 48.9 Å². The van der Waals surface area contributed by atoms with Gasteiger partial charge in [-0.25, -0.2) is 4.98 Å². The van der Waals surface area contributed by atoms with Gasteiger partial charge in [0.1, 0.15) is 0 Å². The van der Waals surface area contributed by atoms with Crippen LogP contribution in [0.2, 0.25) is 0 Å². The molecule has 0 aliphatic heterocycles. The van der Waals surface area contributed by atoms with E-state index in [4.69, 9.17) is 0 Å². The molecule has 1 aromatic carbocycles. The van der Waals surface area contributed by atoms with Gasteiger partial charge in [-0.1, -0.05) is 32.0 Å². The van der Waals surface area contributed by atoms with Crippen LogP contribution in [0, 0.1) is 0 Å². The van der Waals surface area contributed by atoms with Gasteiger partial charge in [-0.05, 0) is 18.1 Å².